The van der Waals surface area contributed by atoms with Gasteiger partial charge in [0.15, 0.2) is 5.82 Å². The van der Waals surface area contributed by atoms with E-state index < -0.39 is 0 Å². The average Bonchev–Trinajstić information content (AvgIpc) is 3.10. The quantitative estimate of drug-likeness (QED) is 0.680. The SMILES string of the molecule is COc1ccc2c(=O)n(CC3CCN(Cc4noc(C)n4)CC3)cnc2c1. The van der Waals surface area contributed by atoms with Crippen molar-refractivity contribution in [3.05, 3.63) is 46.6 Å². The molecule has 0 unspecified atom stereocenters. The van der Waals surface area contributed by atoms with Crippen LogP contribution in [0.4, 0.5) is 0 Å². The first kappa shape index (κ1) is 17.7. The molecule has 1 saturated heterocycles. The number of hydrogen-bond donors (Lipinski definition) is 0. The van der Waals surface area contributed by atoms with Crippen molar-refractivity contribution in [1.82, 2.24) is 24.6 Å². The van der Waals surface area contributed by atoms with Crippen LogP contribution < -0.4 is 10.3 Å². The van der Waals surface area contributed by atoms with Crippen molar-refractivity contribution in [1.29, 1.82) is 0 Å². The van der Waals surface area contributed by atoms with Gasteiger partial charge >= 0.3 is 0 Å². The Balaban J connectivity index is 1.40. The number of nitrogens with zero attached hydrogens (tertiary/aromatic N) is 5. The van der Waals surface area contributed by atoms with Gasteiger partial charge in [-0.2, -0.15) is 4.98 Å². The smallest absolute Gasteiger partial charge is 0.261 e. The minimum atomic E-state index is 0.00681. The van der Waals surface area contributed by atoms with E-state index in [-0.39, 0.29) is 5.56 Å². The van der Waals surface area contributed by atoms with Crippen molar-refractivity contribution in [2.75, 3.05) is 20.2 Å². The van der Waals surface area contributed by atoms with Crippen LogP contribution in [0.1, 0.15) is 24.6 Å². The highest BCUT2D eigenvalue weighted by atomic mass is 16.5. The van der Waals surface area contributed by atoms with E-state index in [0.29, 0.717) is 41.6 Å². The van der Waals surface area contributed by atoms with E-state index >= 15 is 0 Å². The number of aryl methyl sites for hydroxylation is 1. The van der Waals surface area contributed by atoms with Gasteiger partial charge in [0.2, 0.25) is 5.89 Å². The molecule has 0 atom stereocenters. The molecule has 2 aromatic heterocycles. The molecule has 27 heavy (non-hydrogen) atoms. The Bertz CT molecular complexity index is 988. The second kappa shape index (κ2) is 7.48. The van der Waals surface area contributed by atoms with Gasteiger partial charge in [0.05, 0.1) is 30.9 Å². The molecule has 4 rings (SSSR count). The fourth-order valence-corrected chi connectivity index (χ4v) is 3.61. The standard InChI is InChI=1S/C19H23N5O3/c1-13-21-18(22-27-13)11-23-7-5-14(6-8-23)10-24-12-20-17-9-15(26-2)3-4-16(17)19(24)25/h3-4,9,12,14H,5-8,10-11H2,1-2H3. The number of aromatic nitrogens is 4. The van der Waals surface area contributed by atoms with Crippen LogP contribution in [0.25, 0.3) is 10.9 Å². The van der Waals surface area contributed by atoms with Crippen molar-refractivity contribution >= 4 is 10.9 Å². The van der Waals surface area contributed by atoms with Crippen molar-refractivity contribution in [3.63, 3.8) is 0 Å². The minimum absolute atomic E-state index is 0.00681. The predicted molar refractivity (Wildman–Crippen MR) is 99.6 cm³/mol. The molecule has 8 heteroatoms. The summed E-state index contributed by atoms with van der Waals surface area (Å²) < 4.78 is 12.0. The maximum atomic E-state index is 12.8. The summed E-state index contributed by atoms with van der Waals surface area (Å²) in [7, 11) is 1.61. The number of ether oxygens (including phenoxy) is 1. The van der Waals surface area contributed by atoms with E-state index in [2.05, 4.69) is 20.0 Å². The van der Waals surface area contributed by atoms with Gasteiger partial charge in [-0.05, 0) is 44.0 Å². The molecule has 1 aromatic carbocycles. The fourth-order valence-electron chi connectivity index (χ4n) is 3.61. The zero-order chi connectivity index (χ0) is 18.8. The van der Waals surface area contributed by atoms with E-state index in [4.69, 9.17) is 9.26 Å². The van der Waals surface area contributed by atoms with Gasteiger partial charge in [-0.1, -0.05) is 5.16 Å². The molecule has 1 fully saturated rings. The molecular formula is C19H23N5O3. The van der Waals surface area contributed by atoms with Crippen molar-refractivity contribution in [2.45, 2.75) is 32.9 Å². The number of hydrogen-bond acceptors (Lipinski definition) is 7. The van der Waals surface area contributed by atoms with E-state index in [9.17, 15) is 4.79 Å². The first-order chi connectivity index (χ1) is 13.1. The lowest BCUT2D eigenvalue weighted by Gasteiger charge is -2.31. The van der Waals surface area contributed by atoms with Gasteiger partial charge in [-0.3, -0.25) is 14.3 Å². The molecule has 1 aliphatic rings. The molecule has 3 heterocycles. The van der Waals surface area contributed by atoms with Crippen LogP contribution in [0.15, 0.2) is 33.8 Å². The highest BCUT2D eigenvalue weighted by Crippen LogP contribution is 2.21. The zero-order valence-electron chi connectivity index (χ0n) is 15.6. The summed E-state index contributed by atoms with van der Waals surface area (Å²) in [6, 6.07) is 5.38. The number of piperidine rings is 1. The molecule has 0 spiro atoms. The number of fused-ring (bicyclic) bond motifs is 1. The van der Waals surface area contributed by atoms with Crippen molar-refractivity contribution < 1.29 is 9.26 Å². The predicted octanol–water partition coefficient (Wildman–Crippen LogP) is 2.01. The Morgan fingerprint density at radius 2 is 2.11 bits per heavy atom. The molecule has 0 amide bonds. The summed E-state index contributed by atoms with van der Waals surface area (Å²) in [6.07, 6.45) is 3.71. The zero-order valence-corrected chi connectivity index (χ0v) is 15.6. The number of likely N-dealkylation sites (tertiary alicyclic amines) is 1. The highest BCUT2D eigenvalue weighted by molar-refractivity contribution is 5.78. The Hall–Kier alpha value is -2.74. The second-order valence-corrected chi connectivity index (χ2v) is 7.03. The number of benzene rings is 1. The molecular weight excluding hydrogens is 346 g/mol. The summed E-state index contributed by atoms with van der Waals surface area (Å²) in [4.78, 5) is 23.8. The van der Waals surface area contributed by atoms with E-state index in [0.717, 1.165) is 31.8 Å². The fraction of sp³-hybridized carbons (Fsp3) is 0.474. The lowest BCUT2D eigenvalue weighted by Crippen LogP contribution is -2.36. The summed E-state index contributed by atoms with van der Waals surface area (Å²) in [6.45, 7) is 5.14. The van der Waals surface area contributed by atoms with Crippen LogP contribution in [0.5, 0.6) is 5.75 Å². The minimum Gasteiger partial charge on any atom is -0.497 e. The Kier molecular flexibility index (Phi) is 4.89. The molecule has 0 aliphatic carbocycles. The second-order valence-electron chi connectivity index (χ2n) is 7.03. The number of rotatable bonds is 5. The van der Waals surface area contributed by atoms with Gasteiger partial charge in [-0.15, -0.1) is 0 Å². The van der Waals surface area contributed by atoms with E-state index in [1.807, 2.05) is 0 Å². The summed E-state index contributed by atoms with van der Waals surface area (Å²) in [5.74, 6) is 2.50. The molecule has 3 aromatic rings. The third-order valence-electron chi connectivity index (χ3n) is 5.13. The van der Waals surface area contributed by atoms with Gasteiger partial charge in [0, 0.05) is 19.5 Å². The lowest BCUT2D eigenvalue weighted by molar-refractivity contribution is 0.162. The topological polar surface area (TPSA) is 86.3 Å². The number of methoxy groups -OCH3 is 1. The van der Waals surface area contributed by atoms with Crippen LogP contribution in [-0.2, 0) is 13.1 Å². The van der Waals surface area contributed by atoms with E-state index in [1.54, 1.807) is 43.1 Å². The monoisotopic (exact) mass is 369 g/mol. The molecule has 0 bridgehead atoms. The van der Waals surface area contributed by atoms with Gasteiger partial charge in [0.1, 0.15) is 5.75 Å². The van der Waals surface area contributed by atoms with Gasteiger partial charge in [-0.25, -0.2) is 4.98 Å². The molecule has 0 radical (unpaired) electrons. The van der Waals surface area contributed by atoms with Crippen LogP contribution in [0.2, 0.25) is 0 Å². The van der Waals surface area contributed by atoms with Crippen molar-refractivity contribution in [3.8, 4) is 5.75 Å². The Morgan fingerprint density at radius 1 is 1.30 bits per heavy atom. The first-order valence-electron chi connectivity index (χ1n) is 9.17. The third-order valence-corrected chi connectivity index (χ3v) is 5.13. The van der Waals surface area contributed by atoms with Gasteiger partial charge < -0.3 is 9.26 Å². The van der Waals surface area contributed by atoms with Crippen molar-refractivity contribution in [2.24, 2.45) is 5.92 Å². The summed E-state index contributed by atoms with van der Waals surface area (Å²) in [5.41, 5.74) is 0.674. The first-order valence-corrected chi connectivity index (χ1v) is 9.17. The summed E-state index contributed by atoms with van der Waals surface area (Å²) >= 11 is 0. The van der Waals surface area contributed by atoms with Crippen LogP contribution >= 0.6 is 0 Å². The van der Waals surface area contributed by atoms with Crippen LogP contribution in [-0.4, -0.2) is 44.8 Å². The highest BCUT2D eigenvalue weighted by Gasteiger charge is 2.21. The molecule has 1 aliphatic heterocycles. The van der Waals surface area contributed by atoms with Crippen LogP contribution in [0.3, 0.4) is 0 Å². The molecule has 0 saturated carbocycles. The largest absolute Gasteiger partial charge is 0.497 e. The Labute approximate surface area is 156 Å². The third kappa shape index (κ3) is 3.85. The average molecular weight is 369 g/mol. The van der Waals surface area contributed by atoms with E-state index in [1.165, 1.54) is 0 Å². The molecule has 0 N–H and O–H groups in total. The lowest BCUT2D eigenvalue weighted by atomic mass is 9.96. The maximum absolute atomic E-state index is 12.8. The van der Waals surface area contributed by atoms with Crippen LogP contribution in [0, 0.1) is 12.8 Å². The maximum Gasteiger partial charge on any atom is 0.261 e. The molecule has 142 valence electrons. The Morgan fingerprint density at radius 3 is 2.81 bits per heavy atom. The normalized spacial score (nSPS) is 16.1. The van der Waals surface area contributed by atoms with Gasteiger partial charge in [0.25, 0.3) is 5.56 Å². The summed E-state index contributed by atoms with van der Waals surface area (Å²) in [5, 5.41) is 4.59. The molecule has 8 nitrogen and oxygen atoms in total.